The predicted octanol–water partition coefficient (Wildman–Crippen LogP) is 3.38. The second-order valence-corrected chi connectivity index (χ2v) is 7.38. The summed E-state index contributed by atoms with van der Waals surface area (Å²) in [6.07, 6.45) is -1.98. The lowest BCUT2D eigenvalue weighted by atomic mass is 9.98. The summed E-state index contributed by atoms with van der Waals surface area (Å²) < 4.78 is 42.1. The van der Waals surface area contributed by atoms with Crippen LogP contribution in [-0.4, -0.2) is 43.9 Å². The third-order valence-electron chi connectivity index (χ3n) is 5.40. The van der Waals surface area contributed by atoms with Crippen molar-refractivity contribution < 1.29 is 18.3 Å². The standard InChI is InChI=1S/C21H15F3N6O/c1-10-17(14-4-5-26-16-6-11(22)2-3-13(14)16)21(29-8-12(31)9-29)30-20(27-10)15(7-25)18(28-30)19(23)24/h2-6,12,19,31H,8-9H2,1H3. The summed E-state index contributed by atoms with van der Waals surface area (Å²) in [5, 5.41) is 24.0. The van der Waals surface area contributed by atoms with Gasteiger partial charge in [-0.1, -0.05) is 0 Å². The number of aliphatic hydroxyl groups is 1. The molecule has 0 saturated carbocycles. The zero-order chi connectivity index (χ0) is 21.9. The Balaban J connectivity index is 1.89. The van der Waals surface area contributed by atoms with Gasteiger partial charge in [0, 0.05) is 36.3 Å². The van der Waals surface area contributed by atoms with E-state index in [1.165, 1.54) is 22.8 Å². The van der Waals surface area contributed by atoms with Crippen LogP contribution < -0.4 is 4.90 Å². The minimum Gasteiger partial charge on any atom is -0.389 e. The first kappa shape index (κ1) is 19.3. The molecule has 31 heavy (non-hydrogen) atoms. The van der Waals surface area contributed by atoms with Crippen LogP contribution in [0.2, 0.25) is 0 Å². The van der Waals surface area contributed by atoms with Gasteiger partial charge in [-0.15, -0.1) is 0 Å². The van der Waals surface area contributed by atoms with Gasteiger partial charge in [0.2, 0.25) is 0 Å². The molecule has 0 amide bonds. The highest BCUT2D eigenvalue weighted by Crippen LogP contribution is 2.40. The topological polar surface area (TPSA) is 90.3 Å². The summed E-state index contributed by atoms with van der Waals surface area (Å²) >= 11 is 0. The zero-order valence-electron chi connectivity index (χ0n) is 16.2. The average molecular weight is 424 g/mol. The Hall–Kier alpha value is -3.71. The van der Waals surface area contributed by atoms with Crippen LogP contribution in [-0.2, 0) is 0 Å². The largest absolute Gasteiger partial charge is 0.389 e. The van der Waals surface area contributed by atoms with Gasteiger partial charge < -0.3 is 10.0 Å². The average Bonchev–Trinajstić information content (AvgIpc) is 3.08. The maximum atomic E-state index is 13.7. The number of hydrogen-bond donors (Lipinski definition) is 1. The second kappa shape index (κ2) is 6.92. The highest BCUT2D eigenvalue weighted by atomic mass is 19.3. The van der Waals surface area contributed by atoms with E-state index in [0.29, 0.717) is 33.5 Å². The van der Waals surface area contributed by atoms with Gasteiger partial charge in [-0.25, -0.2) is 18.2 Å². The molecule has 4 aromatic rings. The number of aliphatic hydroxyl groups excluding tert-OH is 1. The molecule has 10 heteroatoms. The van der Waals surface area contributed by atoms with E-state index in [1.54, 1.807) is 30.0 Å². The monoisotopic (exact) mass is 424 g/mol. The molecule has 0 atom stereocenters. The number of fused-ring (bicyclic) bond motifs is 2. The molecular weight excluding hydrogens is 409 g/mol. The van der Waals surface area contributed by atoms with Crippen molar-refractivity contribution in [3.63, 3.8) is 0 Å². The van der Waals surface area contributed by atoms with Crippen molar-refractivity contribution >= 4 is 22.4 Å². The van der Waals surface area contributed by atoms with E-state index in [9.17, 15) is 23.5 Å². The van der Waals surface area contributed by atoms with E-state index in [-0.39, 0.29) is 24.3 Å². The van der Waals surface area contributed by atoms with Gasteiger partial charge in [0.15, 0.2) is 5.65 Å². The Morgan fingerprint density at radius 1 is 1.26 bits per heavy atom. The van der Waals surface area contributed by atoms with Gasteiger partial charge in [-0.2, -0.15) is 14.9 Å². The van der Waals surface area contributed by atoms with Crippen LogP contribution in [0, 0.1) is 24.1 Å². The molecule has 0 spiro atoms. The molecule has 0 aliphatic carbocycles. The van der Waals surface area contributed by atoms with E-state index >= 15 is 0 Å². The molecule has 156 valence electrons. The summed E-state index contributed by atoms with van der Waals surface area (Å²) in [4.78, 5) is 10.4. The van der Waals surface area contributed by atoms with Gasteiger partial charge >= 0.3 is 0 Å². The third-order valence-corrected chi connectivity index (χ3v) is 5.40. The molecule has 1 aromatic carbocycles. The number of aromatic nitrogens is 4. The zero-order valence-corrected chi connectivity index (χ0v) is 16.2. The highest BCUT2D eigenvalue weighted by molar-refractivity contribution is 5.98. The number of benzene rings is 1. The van der Waals surface area contributed by atoms with E-state index in [1.807, 2.05) is 0 Å². The smallest absolute Gasteiger partial charge is 0.283 e. The van der Waals surface area contributed by atoms with Gasteiger partial charge in [0.25, 0.3) is 6.43 Å². The fourth-order valence-corrected chi connectivity index (χ4v) is 3.99. The summed E-state index contributed by atoms with van der Waals surface area (Å²) in [6.45, 7) is 2.25. The quantitative estimate of drug-likeness (QED) is 0.542. The predicted molar refractivity (Wildman–Crippen MR) is 106 cm³/mol. The maximum Gasteiger partial charge on any atom is 0.283 e. The van der Waals surface area contributed by atoms with Gasteiger partial charge in [-0.3, -0.25) is 4.98 Å². The van der Waals surface area contributed by atoms with Crippen molar-refractivity contribution in [2.45, 2.75) is 19.5 Å². The molecule has 5 rings (SSSR count). The Morgan fingerprint density at radius 2 is 2.03 bits per heavy atom. The number of alkyl halides is 2. The number of nitrogens with zero attached hydrogens (tertiary/aromatic N) is 6. The Kier molecular flexibility index (Phi) is 4.30. The SMILES string of the molecule is Cc1nc2c(C#N)c(C(F)F)nn2c(N2CC(O)C2)c1-c1ccnc2cc(F)ccc12. The lowest BCUT2D eigenvalue weighted by molar-refractivity contribution is 0.140. The lowest BCUT2D eigenvalue weighted by Gasteiger charge is -2.39. The summed E-state index contributed by atoms with van der Waals surface area (Å²) in [7, 11) is 0. The van der Waals surface area contributed by atoms with Crippen molar-refractivity contribution in [3.05, 3.63) is 53.2 Å². The van der Waals surface area contributed by atoms with Crippen molar-refractivity contribution in [3.8, 4) is 17.2 Å². The van der Waals surface area contributed by atoms with E-state index in [4.69, 9.17) is 0 Å². The second-order valence-electron chi connectivity index (χ2n) is 7.38. The molecule has 3 aromatic heterocycles. The third kappa shape index (κ3) is 2.89. The number of rotatable bonds is 3. The molecule has 1 aliphatic heterocycles. The molecule has 1 N–H and O–H groups in total. The first-order valence-electron chi connectivity index (χ1n) is 9.48. The Bertz CT molecular complexity index is 1390. The first-order chi connectivity index (χ1) is 14.9. The van der Waals surface area contributed by atoms with Gasteiger partial charge in [0.05, 0.1) is 17.3 Å². The number of halogens is 3. The number of hydrogen-bond acceptors (Lipinski definition) is 6. The molecule has 0 bridgehead atoms. The van der Waals surface area contributed by atoms with Crippen LogP contribution in [0.25, 0.3) is 27.7 Å². The number of aryl methyl sites for hydroxylation is 1. The maximum absolute atomic E-state index is 13.7. The molecular formula is C21H15F3N6O. The molecule has 1 fully saturated rings. The van der Waals surface area contributed by atoms with E-state index < -0.39 is 24.0 Å². The minimum atomic E-state index is -2.94. The highest BCUT2D eigenvalue weighted by Gasteiger charge is 2.33. The van der Waals surface area contributed by atoms with E-state index in [0.717, 1.165) is 0 Å². The number of nitriles is 1. The Morgan fingerprint density at radius 3 is 2.71 bits per heavy atom. The van der Waals surface area contributed by atoms with Crippen molar-refractivity contribution in [1.82, 2.24) is 19.6 Å². The van der Waals surface area contributed by atoms with Gasteiger partial charge in [0.1, 0.15) is 29.0 Å². The fourth-order valence-electron chi connectivity index (χ4n) is 3.99. The van der Waals surface area contributed by atoms with Crippen LogP contribution in [0.15, 0.2) is 30.5 Å². The molecule has 1 aliphatic rings. The van der Waals surface area contributed by atoms with E-state index in [2.05, 4.69) is 15.1 Å². The molecule has 1 saturated heterocycles. The van der Waals surface area contributed by atoms with Crippen molar-refractivity contribution in [1.29, 1.82) is 5.26 Å². The molecule has 4 heterocycles. The van der Waals surface area contributed by atoms with Crippen LogP contribution in [0.4, 0.5) is 19.0 Å². The van der Waals surface area contributed by atoms with Crippen molar-refractivity contribution in [2.75, 3.05) is 18.0 Å². The Labute approximate surface area is 174 Å². The van der Waals surface area contributed by atoms with Crippen LogP contribution >= 0.6 is 0 Å². The number of pyridine rings is 1. The number of anilines is 1. The number of β-amino-alcohol motifs (C(OH)–C–C–N with tert-alkyl or cyclic N) is 1. The molecule has 0 unspecified atom stereocenters. The first-order valence-corrected chi connectivity index (χ1v) is 9.48. The minimum absolute atomic E-state index is 0.0276. The summed E-state index contributed by atoms with van der Waals surface area (Å²) in [5.74, 6) is 0.00822. The lowest BCUT2D eigenvalue weighted by Crippen LogP contribution is -2.51. The fraction of sp³-hybridized carbons (Fsp3) is 0.238. The van der Waals surface area contributed by atoms with Crippen molar-refractivity contribution in [2.24, 2.45) is 0 Å². The van der Waals surface area contributed by atoms with Crippen LogP contribution in [0.3, 0.4) is 0 Å². The molecule has 0 radical (unpaired) electrons. The van der Waals surface area contributed by atoms with Gasteiger partial charge in [-0.05, 0) is 30.7 Å². The summed E-state index contributed by atoms with van der Waals surface area (Å²) in [5.41, 5.74) is 1.27. The normalized spacial score (nSPS) is 14.4. The van der Waals surface area contributed by atoms with Crippen LogP contribution in [0.1, 0.15) is 23.4 Å². The summed E-state index contributed by atoms with van der Waals surface area (Å²) in [6, 6.07) is 7.75. The molecule has 7 nitrogen and oxygen atoms in total. The van der Waals surface area contributed by atoms with Crippen LogP contribution in [0.5, 0.6) is 0 Å².